The second-order valence-corrected chi connectivity index (χ2v) is 13.0. The highest BCUT2D eigenvalue weighted by Gasteiger charge is 2.30. The van der Waals surface area contributed by atoms with Gasteiger partial charge >= 0.3 is 6.18 Å². The van der Waals surface area contributed by atoms with Gasteiger partial charge in [0.05, 0.1) is 59.2 Å². The van der Waals surface area contributed by atoms with Crippen molar-refractivity contribution in [1.82, 2.24) is 24.1 Å². The summed E-state index contributed by atoms with van der Waals surface area (Å²) in [5.74, 6) is 0.456. The Bertz CT molecular complexity index is 3010. The minimum Gasteiger partial charge on any atom is -0.481 e. The average molecular weight is 798 g/mol. The number of rotatable bonds is 7. The molecule has 0 fully saturated rings. The quantitative estimate of drug-likeness (QED) is 0.156. The van der Waals surface area contributed by atoms with Gasteiger partial charge < -0.3 is 4.74 Å². The Balaban J connectivity index is 0.000000182. The van der Waals surface area contributed by atoms with E-state index in [1.165, 1.54) is 34.6 Å². The third-order valence-corrected chi connectivity index (χ3v) is 9.31. The zero-order chi connectivity index (χ0) is 42.2. The van der Waals surface area contributed by atoms with E-state index in [1.54, 1.807) is 110 Å². The topological polar surface area (TPSA) is 139 Å². The number of nitrogens with zero attached hydrogens (tertiary/aromatic N) is 7. The first-order valence-electron chi connectivity index (χ1n) is 18.1. The van der Waals surface area contributed by atoms with E-state index in [2.05, 4.69) is 27.1 Å². The van der Waals surface area contributed by atoms with Gasteiger partial charge in [0.25, 0.3) is 11.1 Å². The van der Waals surface area contributed by atoms with E-state index in [1.807, 2.05) is 24.3 Å². The van der Waals surface area contributed by atoms with E-state index in [0.29, 0.717) is 50.6 Å². The van der Waals surface area contributed by atoms with E-state index in [4.69, 9.17) is 4.74 Å². The Morgan fingerprint density at radius 1 is 0.567 bits per heavy atom. The number of hydrogen-bond acceptors (Lipinski definition) is 8. The number of aromatic nitrogens is 5. The largest absolute Gasteiger partial charge is 0.481 e. The number of ether oxygens (including phenoxy) is 1. The van der Waals surface area contributed by atoms with Crippen LogP contribution in [-0.2, 0) is 6.18 Å². The van der Waals surface area contributed by atoms with Gasteiger partial charge in [0.1, 0.15) is 0 Å². The molecule has 0 N–H and O–H groups in total. The number of halogens is 3. The summed E-state index contributed by atoms with van der Waals surface area (Å²) in [6.07, 6.45) is 3.66. The molecule has 0 spiro atoms. The van der Waals surface area contributed by atoms with Crippen LogP contribution in [0.25, 0.3) is 56.1 Å². The molecule has 0 aliphatic carbocycles. The van der Waals surface area contributed by atoms with Crippen molar-refractivity contribution in [3.05, 3.63) is 202 Å². The first kappa shape index (κ1) is 39.8. The van der Waals surface area contributed by atoms with Crippen molar-refractivity contribution in [2.24, 2.45) is 0 Å². The van der Waals surface area contributed by atoms with Gasteiger partial charge in [-0.2, -0.15) is 23.7 Å². The van der Waals surface area contributed by atoms with E-state index >= 15 is 0 Å². The molecule has 3 aromatic carbocycles. The predicted molar refractivity (Wildman–Crippen MR) is 220 cm³/mol. The fourth-order valence-corrected chi connectivity index (χ4v) is 6.36. The number of benzene rings is 3. The van der Waals surface area contributed by atoms with Crippen LogP contribution in [0.3, 0.4) is 0 Å². The molecule has 0 amide bonds. The number of methoxy groups -OCH3 is 1. The van der Waals surface area contributed by atoms with Crippen molar-refractivity contribution < 1.29 is 17.9 Å². The smallest absolute Gasteiger partial charge is 0.416 e. The number of nitriles is 2. The van der Waals surface area contributed by atoms with Gasteiger partial charge in [0.15, 0.2) is 0 Å². The van der Waals surface area contributed by atoms with Gasteiger partial charge in [-0.3, -0.25) is 28.7 Å². The molecule has 10 nitrogen and oxygen atoms in total. The lowest BCUT2D eigenvalue weighted by Crippen LogP contribution is -2.20. The Labute approximate surface area is 341 Å². The van der Waals surface area contributed by atoms with Crippen LogP contribution in [0.1, 0.15) is 16.7 Å². The second-order valence-electron chi connectivity index (χ2n) is 13.0. The predicted octanol–water partition coefficient (Wildman–Crippen LogP) is 9.30. The molecule has 0 bridgehead atoms. The van der Waals surface area contributed by atoms with Gasteiger partial charge in [-0.05, 0) is 78.9 Å². The van der Waals surface area contributed by atoms with E-state index in [0.717, 1.165) is 23.4 Å². The van der Waals surface area contributed by atoms with Gasteiger partial charge in [-0.25, -0.2) is 4.98 Å². The zero-order valence-corrected chi connectivity index (χ0v) is 31.6. The minimum absolute atomic E-state index is 0.250. The van der Waals surface area contributed by atoms with Crippen LogP contribution in [0.4, 0.5) is 13.2 Å². The molecule has 0 aliphatic heterocycles. The van der Waals surface area contributed by atoms with Crippen LogP contribution in [-0.4, -0.2) is 31.2 Å². The van der Waals surface area contributed by atoms with Crippen molar-refractivity contribution in [3.63, 3.8) is 0 Å². The summed E-state index contributed by atoms with van der Waals surface area (Å²) in [5, 5.41) is 19.0. The summed E-state index contributed by atoms with van der Waals surface area (Å²) in [6, 6.07) is 40.1. The van der Waals surface area contributed by atoms with E-state index in [-0.39, 0.29) is 16.8 Å². The van der Waals surface area contributed by atoms with Crippen LogP contribution in [0.5, 0.6) is 5.88 Å². The summed E-state index contributed by atoms with van der Waals surface area (Å²) in [7, 11) is 1.53. The molecule has 8 rings (SSSR count). The van der Waals surface area contributed by atoms with Crippen LogP contribution < -0.4 is 15.9 Å². The molecule has 292 valence electrons. The molecule has 0 radical (unpaired) electrons. The lowest BCUT2D eigenvalue weighted by molar-refractivity contribution is -0.137. The standard InChI is InChI=1S/C24H14F3N3O.C23H16N4O2/c25-24(26,27)18-8-10-19(11-9-18)30-15-17(22-7-3-4-12-29-22)13-21(23(30)31)20-6-2-1-5-16(20)14-28;1-29-22-10-9-18(14-26-22)27-15-17(21-8-4-5-11-25-21)12-20(23(27)28)19-7-3-2-6-16(19)13-24/h1-13,15H;2-12,14-15H,1H3. The number of alkyl halides is 3. The highest BCUT2D eigenvalue weighted by molar-refractivity contribution is 5.76. The number of pyridine rings is 5. The molecular weight excluding hydrogens is 768 g/mol. The summed E-state index contributed by atoms with van der Waals surface area (Å²) < 4.78 is 46.7. The molecule has 13 heteroatoms. The Morgan fingerprint density at radius 3 is 1.45 bits per heavy atom. The average Bonchev–Trinajstić information content (AvgIpc) is 3.30. The molecule has 0 saturated carbocycles. The molecule has 0 aliphatic rings. The Morgan fingerprint density at radius 2 is 1.03 bits per heavy atom. The molecule has 5 aromatic heterocycles. The molecule has 5 heterocycles. The van der Waals surface area contributed by atoms with E-state index in [9.17, 15) is 33.3 Å². The molecular formula is C47H30F3N7O3. The molecule has 60 heavy (non-hydrogen) atoms. The molecule has 0 atom stereocenters. The van der Waals surface area contributed by atoms with Gasteiger partial charge in [-0.1, -0.05) is 48.5 Å². The van der Waals surface area contributed by atoms with Crippen molar-refractivity contribution in [3.8, 4) is 74.2 Å². The number of hydrogen-bond donors (Lipinski definition) is 0. The maximum atomic E-state index is 13.4. The zero-order valence-electron chi connectivity index (χ0n) is 31.6. The van der Waals surface area contributed by atoms with Crippen molar-refractivity contribution in [2.45, 2.75) is 6.18 Å². The fourth-order valence-electron chi connectivity index (χ4n) is 6.36. The lowest BCUT2D eigenvalue weighted by Gasteiger charge is -2.14. The first-order valence-corrected chi connectivity index (χ1v) is 18.1. The summed E-state index contributed by atoms with van der Waals surface area (Å²) >= 11 is 0. The summed E-state index contributed by atoms with van der Waals surface area (Å²) in [6.45, 7) is 0. The maximum Gasteiger partial charge on any atom is 0.416 e. The first-order chi connectivity index (χ1) is 29.1. The van der Waals surface area contributed by atoms with Gasteiger partial charge in [-0.15, -0.1) is 0 Å². The third kappa shape index (κ3) is 8.46. The maximum absolute atomic E-state index is 13.4. The van der Waals surface area contributed by atoms with Crippen molar-refractivity contribution in [1.29, 1.82) is 10.5 Å². The Hall–Kier alpha value is -8.42. The SMILES string of the molecule is COc1ccc(-n2cc(-c3ccccn3)cc(-c3ccccc3C#N)c2=O)cn1.N#Cc1ccccc1-c1cc(-c2ccccn2)cn(-c2ccc(C(F)(F)F)cc2)c1=O. The Kier molecular flexibility index (Phi) is 11.5. The normalized spacial score (nSPS) is 10.8. The molecule has 8 aromatic rings. The second kappa shape index (κ2) is 17.4. The van der Waals surface area contributed by atoms with Crippen LogP contribution >= 0.6 is 0 Å². The van der Waals surface area contributed by atoms with Gasteiger partial charge in [0.2, 0.25) is 5.88 Å². The highest BCUT2D eigenvalue weighted by Crippen LogP contribution is 2.31. The third-order valence-electron chi connectivity index (χ3n) is 9.31. The summed E-state index contributed by atoms with van der Waals surface area (Å²) in [4.78, 5) is 39.6. The van der Waals surface area contributed by atoms with Crippen LogP contribution in [0, 0.1) is 22.7 Å². The van der Waals surface area contributed by atoms with Crippen LogP contribution in [0.15, 0.2) is 174 Å². The van der Waals surface area contributed by atoms with Crippen molar-refractivity contribution in [2.75, 3.05) is 7.11 Å². The monoisotopic (exact) mass is 797 g/mol. The van der Waals surface area contributed by atoms with Crippen molar-refractivity contribution >= 4 is 0 Å². The van der Waals surface area contributed by atoms with Gasteiger partial charge in [0, 0.05) is 69.9 Å². The van der Waals surface area contributed by atoms with E-state index < -0.39 is 17.3 Å². The highest BCUT2D eigenvalue weighted by atomic mass is 19.4. The fraction of sp³-hybridized carbons (Fsp3) is 0.0426. The molecule has 0 saturated heterocycles. The molecule has 0 unspecified atom stereocenters. The van der Waals surface area contributed by atoms with Crippen LogP contribution in [0.2, 0.25) is 0 Å². The summed E-state index contributed by atoms with van der Waals surface area (Å²) in [5.41, 5.74) is 4.42. The minimum atomic E-state index is -4.48. The lowest BCUT2D eigenvalue weighted by atomic mass is 9.99.